The minimum atomic E-state index is -0.549. The second-order valence-corrected chi connectivity index (χ2v) is 8.51. The van der Waals surface area contributed by atoms with Gasteiger partial charge >= 0.3 is 5.69 Å². The third-order valence-electron chi connectivity index (χ3n) is 6.99. The van der Waals surface area contributed by atoms with E-state index in [0.29, 0.717) is 23.8 Å². The number of nitrogens with zero attached hydrogens (tertiary/aromatic N) is 2. The van der Waals surface area contributed by atoms with Crippen molar-refractivity contribution in [2.45, 2.75) is 37.8 Å². The summed E-state index contributed by atoms with van der Waals surface area (Å²) in [5.41, 5.74) is 1.74. The lowest BCUT2D eigenvalue weighted by Gasteiger charge is -2.31. The van der Waals surface area contributed by atoms with Crippen molar-refractivity contribution >= 4 is 16.6 Å². The van der Waals surface area contributed by atoms with Crippen LogP contribution in [0.2, 0.25) is 0 Å². The van der Waals surface area contributed by atoms with Gasteiger partial charge in [-0.1, -0.05) is 12.1 Å². The molecule has 2 heterocycles. The van der Waals surface area contributed by atoms with Gasteiger partial charge in [0.05, 0.1) is 22.9 Å². The molecule has 3 aromatic rings. The molecule has 0 bridgehead atoms. The van der Waals surface area contributed by atoms with Crippen molar-refractivity contribution in [1.82, 2.24) is 14.9 Å². The summed E-state index contributed by atoms with van der Waals surface area (Å²) in [7, 11) is 1.70. The Hall–Kier alpha value is -3.46. The number of H-pyrrole nitrogens is 1. The van der Waals surface area contributed by atoms with Crippen molar-refractivity contribution in [3.63, 3.8) is 0 Å². The molecule has 2 aliphatic rings. The van der Waals surface area contributed by atoms with Crippen molar-refractivity contribution < 1.29 is 9.66 Å². The van der Waals surface area contributed by atoms with Gasteiger partial charge in [-0.15, -0.1) is 0 Å². The highest BCUT2D eigenvalue weighted by Crippen LogP contribution is 2.44. The summed E-state index contributed by atoms with van der Waals surface area (Å²) in [5, 5.41) is 14.8. The molecule has 9 nitrogen and oxygen atoms in total. The van der Waals surface area contributed by atoms with Gasteiger partial charge < -0.3 is 15.0 Å². The number of rotatable bonds is 5. The number of ether oxygens (including phenoxy) is 1. The van der Waals surface area contributed by atoms with Crippen molar-refractivity contribution in [1.29, 1.82) is 0 Å². The van der Waals surface area contributed by atoms with Crippen LogP contribution in [-0.4, -0.2) is 34.2 Å². The first kappa shape index (κ1) is 20.4. The van der Waals surface area contributed by atoms with E-state index in [1.54, 1.807) is 7.11 Å². The molecule has 0 spiro atoms. The number of hydrogen-bond acceptors (Lipinski definition) is 6. The standard InChI is InChI=1S/C23H24N4O5/c1-32-21-4-2-3-14-16(21)7-6-15-18(14)12-24-19(15)9-10-26-22(28)17-11-13(27(30)31)5-8-20(17)25-23(26)29/h2-5,8,11,15,18-19,24H,6-7,9-10,12H2,1H3,(H,25,29)/t15-,18+,19?/m1/s1. The number of fused-ring (bicyclic) bond motifs is 4. The Morgan fingerprint density at radius 2 is 2.09 bits per heavy atom. The maximum absolute atomic E-state index is 12.9. The lowest BCUT2D eigenvalue weighted by atomic mass is 9.74. The van der Waals surface area contributed by atoms with Crippen LogP contribution < -0.4 is 21.3 Å². The van der Waals surface area contributed by atoms with Crippen LogP contribution >= 0.6 is 0 Å². The maximum atomic E-state index is 12.9. The fourth-order valence-corrected chi connectivity index (χ4v) is 5.44. The number of nitro benzene ring substituents is 1. The Bertz CT molecular complexity index is 1330. The van der Waals surface area contributed by atoms with Gasteiger partial charge in [0.25, 0.3) is 11.2 Å². The van der Waals surface area contributed by atoms with E-state index in [-0.39, 0.29) is 23.7 Å². The van der Waals surface area contributed by atoms with Crippen LogP contribution in [0.25, 0.3) is 10.9 Å². The molecule has 1 fully saturated rings. The molecule has 1 aromatic heterocycles. The predicted octanol–water partition coefficient (Wildman–Crippen LogP) is 2.31. The Morgan fingerprint density at radius 3 is 2.88 bits per heavy atom. The molecule has 0 radical (unpaired) electrons. The normalized spacial score (nSPS) is 21.8. The molecule has 0 amide bonds. The molecule has 2 N–H and O–H groups in total. The molecule has 1 aliphatic heterocycles. The number of nitro groups is 1. The Kier molecular flexibility index (Phi) is 5.05. The van der Waals surface area contributed by atoms with Crippen LogP contribution in [0.1, 0.15) is 29.9 Å². The summed E-state index contributed by atoms with van der Waals surface area (Å²) >= 11 is 0. The van der Waals surface area contributed by atoms with Gasteiger partial charge in [-0.2, -0.15) is 0 Å². The minimum Gasteiger partial charge on any atom is -0.496 e. The largest absolute Gasteiger partial charge is 0.496 e. The third kappa shape index (κ3) is 3.29. The van der Waals surface area contributed by atoms with Gasteiger partial charge in [0.2, 0.25) is 0 Å². The van der Waals surface area contributed by atoms with Crippen molar-refractivity contribution in [3.05, 3.63) is 78.5 Å². The smallest absolute Gasteiger partial charge is 0.328 e. The SMILES string of the molecule is COc1cccc2c1CC[C@H]1C(CCn3c(=O)[nH]c4ccc([N+](=O)[O-])cc4c3=O)NC[C@@H]21. The molecule has 32 heavy (non-hydrogen) atoms. The number of benzene rings is 2. The van der Waals surface area contributed by atoms with E-state index in [4.69, 9.17) is 4.74 Å². The summed E-state index contributed by atoms with van der Waals surface area (Å²) in [4.78, 5) is 38.7. The number of non-ortho nitro benzene ring substituents is 1. The highest BCUT2D eigenvalue weighted by atomic mass is 16.6. The molecule has 3 atom stereocenters. The Balaban J connectivity index is 1.39. The summed E-state index contributed by atoms with van der Waals surface area (Å²) in [5.74, 6) is 1.74. The average molecular weight is 436 g/mol. The first-order valence-electron chi connectivity index (χ1n) is 10.8. The molecule has 0 saturated carbocycles. The van der Waals surface area contributed by atoms with Crippen LogP contribution in [-0.2, 0) is 13.0 Å². The number of methoxy groups -OCH3 is 1. The van der Waals surface area contributed by atoms with Gasteiger partial charge in [-0.3, -0.25) is 19.5 Å². The monoisotopic (exact) mass is 436 g/mol. The quantitative estimate of drug-likeness (QED) is 0.468. The van der Waals surface area contributed by atoms with Crippen LogP contribution in [0.15, 0.2) is 46.0 Å². The zero-order valence-corrected chi connectivity index (χ0v) is 17.7. The average Bonchev–Trinajstić information content (AvgIpc) is 3.21. The summed E-state index contributed by atoms with van der Waals surface area (Å²) in [6, 6.07) is 10.3. The molecular formula is C23H24N4O5. The van der Waals surface area contributed by atoms with E-state index in [0.717, 1.165) is 29.7 Å². The number of nitrogens with one attached hydrogen (secondary N) is 2. The summed E-state index contributed by atoms with van der Waals surface area (Å²) < 4.78 is 6.69. The second-order valence-electron chi connectivity index (χ2n) is 8.51. The van der Waals surface area contributed by atoms with Crippen LogP contribution in [0.3, 0.4) is 0 Å². The first-order chi connectivity index (χ1) is 15.5. The molecule has 5 rings (SSSR count). The summed E-state index contributed by atoms with van der Waals surface area (Å²) in [6.45, 7) is 1.10. The van der Waals surface area contributed by atoms with Gasteiger partial charge in [0, 0.05) is 37.2 Å². The minimum absolute atomic E-state index is 0.148. The van der Waals surface area contributed by atoms with Crippen LogP contribution in [0.4, 0.5) is 5.69 Å². The number of aromatic amines is 1. The molecule has 2 aromatic carbocycles. The lowest BCUT2D eigenvalue weighted by molar-refractivity contribution is -0.384. The second kappa shape index (κ2) is 7.90. The van der Waals surface area contributed by atoms with Crippen molar-refractivity contribution in [3.8, 4) is 5.75 Å². The fraction of sp³-hybridized carbons (Fsp3) is 0.391. The third-order valence-corrected chi connectivity index (χ3v) is 6.99. The van der Waals surface area contributed by atoms with E-state index in [1.807, 2.05) is 12.1 Å². The molecule has 166 valence electrons. The number of hydrogen-bond donors (Lipinski definition) is 2. The highest BCUT2D eigenvalue weighted by molar-refractivity contribution is 5.79. The fourth-order valence-electron chi connectivity index (χ4n) is 5.44. The molecule has 1 aliphatic carbocycles. The van der Waals surface area contributed by atoms with Crippen LogP contribution in [0, 0.1) is 16.0 Å². The van der Waals surface area contributed by atoms with E-state index < -0.39 is 16.2 Å². The Labute approximate surface area is 183 Å². The van der Waals surface area contributed by atoms with E-state index in [2.05, 4.69) is 16.4 Å². The number of aromatic nitrogens is 2. The van der Waals surface area contributed by atoms with E-state index in [1.165, 1.54) is 29.3 Å². The molecule has 9 heteroatoms. The predicted molar refractivity (Wildman–Crippen MR) is 119 cm³/mol. The maximum Gasteiger partial charge on any atom is 0.328 e. The van der Waals surface area contributed by atoms with E-state index >= 15 is 0 Å². The van der Waals surface area contributed by atoms with Crippen molar-refractivity contribution in [2.75, 3.05) is 13.7 Å². The zero-order valence-electron chi connectivity index (χ0n) is 17.7. The highest BCUT2D eigenvalue weighted by Gasteiger charge is 2.40. The van der Waals surface area contributed by atoms with Gasteiger partial charge in [0.15, 0.2) is 0 Å². The molecule has 1 saturated heterocycles. The first-order valence-corrected chi connectivity index (χ1v) is 10.8. The van der Waals surface area contributed by atoms with Crippen LogP contribution in [0.5, 0.6) is 5.75 Å². The van der Waals surface area contributed by atoms with Gasteiger partial charge in [-0.25, -0.2) is 4.79 Å². The van der Waals surface area contributed by atoms with Crippen molar-refractivity contribution in [2.24, 2.45) is 5.92 Å². The topological polar surface area (TPSA) is 119 Å². The van der Waals surface area contributed by atoms with Gasteiger partial charge in [-0.05, 0) is 48.4 Å². The summed E-state index contributed by atoms with van der Waals surface area (Å²) in [6.07, 6.45) is 2.59. The van der Waals surface area contributed by atoms with E-state index in [9.17, 15) is 19.7 Å². The van der Waals surface area contributed by atoms with Gasteiger partial charge in [0.1, 0.15) is 5.75 Å². The molecule has 1 unspecified atom stereocenters. The Morgan fingerprint density at radius 1 is 1.25 bits per heavy atom. The lowest BCUT2D eigenvalue weighted by Crippen LogP contribution is -2.38. The molecular weight excluding hydrogens is 412 g/mol. The zero-order chi connectivity index (χ0) is 22.4.